The van der Waals surface area contributed by atoms with Crippen LogP contribution < -0.4 is 16.8 Å². The highest BCUT2D eigenvalue weighted by Gasteiger charge is 2.37. The van der Waals surface area contributed by atoms with Crippen molar-refractivity contribution in [3.05, 3.63) is 0 Å². The van der Waals surface area contributed by atoms with E-state index in [0.29, 0.717) is 12.8 Å². The van der Waals surface area contributed by atoms with E-state index in [2.05, 4.69) is 5.32 Å². The normalized spacial score (nSPS) is 17.4. The minimum absolute atomic E-state index is 0.0715. The van der Waals surface area contributed by atoms with Crippen molar-refractivity contribution < 1.29 is 9.90 Å². The van der Waals surface area contributed by atoms with Gasteiger partial charge in [0.05, 0.1) is 12.5 Å². The summed E-state index contributed by atoms with van der Waals surface area (Å²) in [5.74, 6) is -0.483. The average Bonchev–Trinajstić information content (AvgIpc) is 2.21. The Bertz CT molecular complexity index is 247. The van der Waals surface area contributed by atoms with Crippen molar-refractivity contribution in [2.45, 2.75) is 51.6 Å². The van der Waals surface area contributed by atoms with Gasteiger partial charge in [-0.05, 0) is 33.6 Å². The van der Waals surface area contributed by atoms with E-state index in [1.54, 1.807) is 0 Å². The number of carbonyl (C=O) groups excluding carboxylic acids is 1. The van der Waals surface area contributed by atoms with Crippen LogP contribution in [-0.2, 0) is 4.79 Å². The van der Waals surface area contributed by atoms with Crippen LogP contribution in [0.2, 0.25) is 0 Å². The second-order valence-electron chi connectivity index (χ2n) is 5.62. The maximum Gasteiger partial charge on any atom is 0.225 e. The molecule has 0 spiro atoms. The van der Waals surface area contributed by atoms with Crippen LogP contribution in [0.1, 0.15) is 40.5 Å². The molecule has 0 heterocycles. The molecule has 0 bridgehead atoms. The van der Waals surface area contributed by atoms with Gasteiger partial charge in [0.1, 0.15) is 0 Å². The quantitative estimate of drug-likeness (QED) is 0.506. The predicted octanol–water partition coefficient (Wildman–Crippen LogP) is -0.0341. The number of hydrogen-bond donors (Lipinski definition) is 4. The van der Waals surface area contributed by atoms with Crippen LogP contribution in [0, 0.1) is 5.92 Å². The molecule has 0 aromatic rings. The SMILES string of the molecule is CCC(C)(N)C(CC(C)(C)N)C(=O)NCCO. The van der Waals surface area contributed by atoms with Gasteiger partial charge in [-0.2, -0.15) is 0 Å². The van der Waals surface area contributed by atoms with Gasteiger partial charge < -0.3 is 21.9 Å². The molecule has 0 aromatic heterocycles. The first kappa shape index (κ1) is 16.4. The summed E-state index contributed by atoms with van der Waals surface area (Å²) in [6.07, 6.45) is 1.21. The van der Waals surface area contributed by atoms with Crippen molar-refractivity contribution in [3.63, 3.8) is 0 Å². The van der Waals surface area contributed by atoms with Gasteiger partial charge in [-0.25, -0.2) is 0 Å². The van der Waals surface area contributed by atoms with Gasteiger partial charge in [0, 0.05) is 17.6 Å². The van der Waals surface area contributed by atoms with E-state index in [1.807, 2.05) is 27.7 Å². The van der Waals surface area contributed by atoms with Gasteiger partial charge in [-0.15, -0.1) is 0 Å². The van der Waals surface area contributed by atoms with Crippen molar-refractivity contribution in [1.29, 1.82) is 0 Å². The maximum atomic E-state index is 12.0. The summed E-state index contributed by atoms with van der Waals surface area (Å²) in [5.41, 5.74) is 11.1. The maximum absolute atomic E-state index is 12.0. The zero-order valence-corrected chi connectivity index (χ0v) is 11.4. The molecule has 102 valence electrons. The second kappa shape index (κ2) is 6.33. The molecule has 0 aliphatic carbocycles. The number of carbonyl (C=O) groups is 1. The highest BCUT2D eigenvalue weighted by Crippen LogP contribution is 2.26. The van der Waals surface area contributed by atoms with Gasteiger partial charge >= 0.3 is 0 Å². The molecular formula is C12H27N3O2. The number of nitrogens with one attached hydrogen (secondary N) is 1. The standard InChI is InChI=1S/C12H27N3O2/c1-5-12(4,14)9(8-11(2,3)13)10(17)15-6-7-16/h9,16H,5-8,13-14H2,1-4H3,(H,15,17). The first-order valence-corrected chi connectivity index (χ1v) is 6.10. The molecule has 5 heteroatoms. The molecule has 0 saturated carbocycles. The summed E-state index contributed by atoms with van der Waals surface area (Å²) in [4.78, 5) is 12.0. The van der Waals surface area contributed by atoms with Gasteiger partial charge in [0.25, 0.3) is 0 Å². The van der Waals surface area contributed by atoms with Crippen LogP contribution in [0.25, 0.3) is 0 Å². The molecule has 2 unspecified atom stereocenters. The summed E-state index contributed by atoms with van der Waals surface area (Å²) >= 11 is 0. The monoisotopic (exact) mass is 245 g/mol. The Balaban J connectivity index is 4.79. The molecule has 0 saturated heterocycles. The molecule has 0 fully saturated rings. The number of aliphatic hydroxyl groups excluding tert-OH is 1. The number of rotatable bonds is 7. The van der Waals surface area contributed by atoms with Crippen LogP contribution >= 0.6 is 0 Å². The van der Waals surface area contributed by atoms with Crippen molar-refractivity contribution >= 4 is 5.91 Å². The predicted molar refractivity (Wildman–Crippen MR) is 69.4 cm³/mol. The van der Waals surface area contributed by atoms with E-state index < -0.39 is 11.1 Å². The van der Waals surface area contributed by atoms with Crippen LogP contribution in [0.3, 0.4) is 0 Å². The number of aliphatic hydroxyl groups is 1. The van der Waals surface area contributed by atoms with E-state index >= 15 is 0 Å². The molecular weight excluding hydrogens is 218 g/mol. The lowest BCUT2D eigenvalue weighted by molar-refractivity contribution is -0.128. The van der Waals surface area contributed by atoms with E-state index in [9.17, 15) is 4.79 Å². The lowest BCUT2D eigenvalue weighted by Gasteiger charge is -2.36. The zero-order valence-electron chi connectivity index (χ0n) is 11.4. The molecule has 6 N–H and O–H groups in total. The Morgan fingerprint density at radius 2 is 1.88 bits per heavy atom. The first-order chi connectivity index (χ1) is 7.64. The van der Waals surface area contributed by atoms with Crippen molar-refractivity contribution in [1.82, 2.24) is 5.32 Å². The lowest BCUT2D eigenvalue weighted by atomic mass is 9.76. The largest absolute Gasteiger partial charge is 0.395 e. The van der Waals surface area contributed by atoms with E-state index in [0.717, 1.165) is 0 Å². The van der Waals surface area contributed by atoms with Crippen LogP contribution in [-0.4, -0.2) is 35.2 Å². The van der Waals surface area contributed by atoms with Gasteiger partial charge in [0.2, 0.25) is 5.91 Å². The summed E-state index contributed by atoms with van der Waals surface area (Å²) < 4.78 is 0. The molecule has 0 aromatic carbocycles. The molecule has 1 amide bonds. The number of amides is 1. The van der Waals surface area contributed by atoms with Crippen molar-refractivity contribution in [3.8, 4) is 0 Å². The Morgan fingerprint density at radius 3 is 2.24 bits per heavy atom. The van der Waals surface area contributed by atoms with Crippen LogP contribution in [0.15, 0.2) is 0 Å². The van der Waals surface area contributed by atoms with Crippen molar-refractivity contribution in [2.75, 3.05) is 13.2 Å². The third-order valence-corrected chi connectivity index (χ3v) is 3.02. The van der Waals surface area contributed by atoms with E-state index in [1.165, 1.54) is 0 Å². The smallest absolute Gasteiger partial charge is 0.225 e. The summed E-state index contributed by atoms with van der Waals surface area (Å²) in [6.45, 7) is 7.76. The Hall–Kier alpha value is -0.650. The highest BCUT2D eigenvalue weighted by molar-refractivity contribution is 5.80. The zero-order chi connectivity index (χ0) is 13.7. The van der Waals surface area contributed by atoms with Gasteiger partial charge in [0.15, 0.2) is 0 Å². The molecule has 0 aliphatic rings. The fourth-order valence-electron chi connectivity index (χ4n) is 1.70. The fraction of sp³-hybridized carbons (Fsp3) is 0.917. The third kappa shape index (κ3) is 6.00. The van der Waals surface area contributed by atoms with Crippen molar-refractivity contribution in [2.24, 2.45) is 17.4 Å². The minimum atomic E-state index is -0.587. The molecule has 0 rings (SSSR count). The Labute approximate surface area is 104 Å². The second-order valence-corrected chi connectivity index (χ2v) is 5.62. The van der Waals surface area contributed by atoms with E-state index in [4.69, 9.17) is 16.6 Å². The number of hydrogen-bond acceptors (Lipinski definition) is 4. The van der Waals surface area contributed by atoms with E-state index in [-0.39, 0.29) is 25.0 Å². The van der Waals surface area contributed by atoms with Crippen LogP contribution in [0.5, 0.6) is 0 Å². The molecule has 0 radical (unpaired) electrons. The molecule has 17 heavy (non-hydrogen) atoms. The van der Waals surface area contributed by atoms with Gasteiger partial charge in [-0.1, -0.05) is 6.92 Å². The average molecular weight is 245 g/mol. The summed E-state index contributed by atoms with van der Waals surface area (Å²) in [5, 5.41) is 11.4. The molecule has 2 atom stereocenters. The van der Waals surface area contributed by atoms with Crippen LogP contribution in [0.4, 0.5) is 0 Å². The molecule has 0 aliphatic heterocycles. The Kier molecular flexibility index (Phi) is 6.09. The van der Waals surface area contributed by atoms with Gasteiger partial charge in [-0.3, -0.25) is 4.79 Å². The number of nitrogens with two attached hydrogens (primary N) is 2. The molecule has 5 nitrogen and oxygen atoms in total. The summed E-state index contributed by atoms with van der Waals surface area (Å²) in [6, 6.07) is 0. The first-order valence-electron chi connectivity index (χ1n) is 6.10. The minimum Gasteiger partial charge on any atom is -0.395 e. The lowest BCUT2D eigenvalue weighted by Crippen LogP contribution is -2.54. The highest BCUT2D eigenvalue weighted by atomic mass is 16.3. The topological polar surface area (TPSA) is 101 Å². The summed E-state index contributed by atoms with van der Waals surface area (Å²) in [7, 11) is 0. The third-order valence-electron chi connectivity index (χ3n) is 3.02. The fourth-order valence-corrected chi connectivity index (χ4v) is 1.70. The Morgan fingerprint density at radius 1 is 1.35 bits per heavy atom.